The predicted molar refractivity (Wildman–Crippen MR) is 316 cm³/mol. The van der Waals surface area contributed by atoms with Crippen molar-refractivity contribution in [3.63, 3.8) is 0 Å². The quantitative estimate of drug-likeness (QED) is 0.0261. The second-order valence-corrected chi connectivity index (χ2v) is 20.2. The third-order valence-electron chi connectivity index (χ3n) is 13.1. The molecule has 6 heteroatoms. The van der Waals surface area contributed by atoms with Crippen LogP contribution < -0.4 is 0 Å². The number of hydrogen-bond donors (Lipinski definition) is 0. The average molecular weight is 1020 g/mol. The van der Waals surface area contributed by atoms with Crippen LogP contribution in [0.4, 0.5) is 0 Å². The van der Waals surface area contributed by atoms with E-state index in [0.29, 0.717) is 19.3 Å². The molecule has 0 bridgehead atoms. The largest absolute Gasteiger partial charge is 0.462 e. The molecule has 0 spiro atoms. The van der Waals surface area contributed by atoms with E-state index < -0.39 is 6.10 Å². The number of allylic oxidation sites excluding steroid dienone is 16. The van der Waals surface area contributed by atoms with Crippen molar-refractivity contribution in [2.45, 2.75) is 297 Å². The maximum absolute atomic E-state index is 12.9. The topological polar surface area (TPSA) is 78.9 Å². The summed E-state index contributed by atoms with van der Waals surface area (Å²) in [5.74, 6) is -0.901. The van der Waals surface area contributed by atoms with Crippen molar-refractivity contribution in [1.29, 1.82) is 0 Å². The Balaban J connectivity index is 4.34. The predicted octanol–water partition coefficient (Wildman–Crippen LogP) is 20.9. The van der Waals surface area contributed by atoms with Crippen LogP contribution in [-0.4, -0.2) is 37.2 Å². The summed E-state index contributed by atoms with van der Waals surface area (Å²) in [6.45, 7) is 6.51. The Labute approximate surface area is 451 Å². The SMILES string of the molecule is CC/C=C\C/C=C\C/C=C\C/C=C\C/C=C\C/C=C\C/C=C\CCCCCCCC(=O)OCC(COC(=O)CCCCCCCCCCCCC)OC(=O)CCCCCCCCC/C=C\CCCCCCCC. The molecular weight excluding hydrogens is 901 g/mol. The van der Waals surface area contributed by atoms with E-state index in [4.69, 9.17) is 14.2 Å². The molecule has 418 valence electrons. The Bertz CT molecular complexity index is 1440. The molecule has 0 aromatic heterocycles. The summed E-state index contributed by atoms with van der Waals surface area (Å²) in [7, 11) is 0. The first-order valence-corrected chi connectivity index (χ1v) is 30.7. The van der Waals surface area contributed by atoms with Crippen LogP contribution in [0.3, 0.4) is 0 Å². The van der Waals surface area contributed by atoms with Gasteiger partial charge in [-0.05, 0) is 103 Å². The number of carbonyl (C=O) groups excluding carboxylic acids is 3. The molecule has 0 radical (unpaired) electrons. The lowest BCUT2D eigenvalue weighted by Gasteiger charge is -2.18. The zero-order chi connectivity index (χ0) is 52.9. The summed E-state index contributed by atoms with van der Waals surface area (Å²) in [5.41, 5.74) is 0. The summed E-state index contributed by atoms with van der Waals surface area (Å²) in [6.07, 6.45) is 81.2. The van der Waals surface area contributed by atoms with E-state index in [9.17, 15) is 14.4 Å². The van der Waals surface area contributed by atoms with Crippen molar-refractivity contribution in [2.75, 3.05) is 13.2 Å². The fourth-order valence-corrected chi connectivity index (χ4v) is 8.48. The molecule has 1 atom stereocenters. The lowest BCUT2D eigenvalue weighted by molar-refractivity contribution is -0.167. The Hall–Kier alpha value is -3.67. The number of esters is 3. The summed E-state index contributed by atoms with van der Waals surface area (Å²) >= 11 is 0. The molecule has 1 unspecified atom stereocenters. The number of ether oxygens (including phenoxy) is 3. The van der Waals surface area contributed by atoms with Crippen molar-refractivity contribution in [2.24, 2.45) is 0 Å². The van der Waals surface area contributed by atoms with Crippen LogP contribution in [0.2, 0.25) is 0 Å². The van der Waals surface area contributed by atoms with Crippen LogP contribution in [0.1, 0.15) is 290 Å². The Morgan fingerprint density at radius 1 is 0.288 bits per heavy atom. The standard InChI is InChI=1S/C67H114O6/c1-4-7-10-13-16-19-22-24-26-28-29-30-31-32-33-34-35-36-37-39-40-42-45-48-51-54-57-60-66(69)72-63-64(62-71-65(68)59-56-53-50-47-44-21-18-15-12-9-6-3)73-67(70)61-58-55-52-49-46-43-41-38-27-25-23-20-17-14-11-8-5-2/h7,10,16,19,24-27,29-30,32-33,35-36,39-40,64H,4-6,8-9,11-15,17-18,20-23,28,31,34,37-38,41-63H2,1-3H3/b10-7-,19-16-,26-24-,27-25-,30-29-,33-32-,36-35-,40-39-. The maximum Gasteiger partial charge on any atom is 0.306 e. The first-order valence-electron chi connectivity index (χ1n) is 30.7. The summed E-state index contributed by atoms with van der Waals surface area (Å²) < 4.78 is 16.9. The van der Waals surface area contributed by atoms with Crippen molar-refractivity contribution < 1.29 is 28.6 Å². The second kappa shape index (κ2) is 60.9. The molecule has 0 saturated heterocycles. The van der Waals surface area contributed by atoms with Gasteiger partial charge >= 0.3 is 17.9 Å². The molecule has 0 heterocycles. The molecule has 0 saturated carbocycles. The molecule has 0 aromatic carbocycles. The van der Waals surface area contributed by atoms with Gasteiger partial charge in [0.15, 0.2) is 6.10 Å². The highest BCUT2D eigenvalue weighted by Gasteiger charge is 2.19. The van der Waals surface area contributed by atoms with Gasteiger partial charge in [0.25, 0.3) is 0 Å². The smallest absolute Gasteiger partial charge is 0.306 e. The fourth-order valence-electron chi connectivity index (χ4n) is 8.48. The number of carbonyl (C=O) groups is 3. The summed E-state index contributed by atoms with van der Waals surface area (Å²) in [4.78, 5) is 38.2. The van der Waals surface area contributed by atoms with E-state index in [1.807, 2.05) is 0 Å². The number of rotatable bonds is 55. The monoisotopic (exact) mass is 1010 g/mol. The molecule has 0 aliphatic rings. The minimum atomic E-state index is -0.787. The molecule has 0 aliphatic heterocycles. The van der Waals surface area contributed by atoms with Gasteiger partial charge in [0.1, 0.15) is 13.2 Å². The Morgan fingerprint density at radius 2 is 0.534 bits per heavy atom. The third-order valence-corrected chi connectivity index (χ3v) is 13.1. The molecule has 0 N–H and O–H groups in total. The highest BCUT2D eigenvalue weighted by Crippen LogP contribution is 2.15. The maximum atomic E-state index is 12.9. The van der Waals surface area contributed by atoms with Crippen LogP contribution in [0, 0.1) is 0 Å². The first-order chi connectivity index (χ1) is 36.0. The zero-order valence-corrected chi connectivity index (χ0v) is 47.9. The summed E-state index contributed by atoms with van der Waals surface area (Å²) in [6, 6.07) is 0. The van der Waals surface area contributed by atoms with Gasteiger partial charge < -0.3 is 14.2 Å². The van der Waals surface area contributed by atoms with E-state index in [-0.39, 0.29) is 31.1 Å². The molecule has 0 fully saturated rings. The molecule has 73 heavy (non-hydrogen) atoms. The van der Waals surface area contributed by atoms with E-state index in [1.165, 1.54) is 128 Å². The lowest BCUT2D eigenvalue weighted by Crippen LogP contribution is -2.30. The van der Waals surface area contributed by atoms with Gasteiger partial charge in [-0.25, -0.2) is 0 Å². The fraction of sp³-hybridized carbons (Fsp3) is 0.716. The molecule has 0 aliphatic carbocycles. The van der Waals surface area contributed by atoms with Crippen LogP contribution in [0.5, 0.6) is 0 Å². The van der Waals surface area contributed by atoms with E-state index in [2.05, 4.69) is 118 Å². The highest BCUT2D eigenvalue weighted by atomic mass is 16.6. The van der Waals surface area contributed by atoms with Crippen molar-refractivity contribution in [1.82, 2.24) is 0 Å². The molecule has 0 rings (SSSR count). The van der Waals surface area contributed by atoms with Crippen molar-refractivity contribution in [3.8, 4) is 0 Å². The van der Waals surface area contributed by atoms with Crippen molar-refractivity contribution >= 4 is 17.9 Å². The van der Waals surface area contributed by atoms with Crippen LogP contribution in [0.15, 0.2) is 97.2 Å². The Kier molecular flexibility index (Phi) is 57.8. The minimum absolute atomic E-state index is 0.0834. The van der Waals surface area contributed by atoms with Crippen LogP contribution >= 0.6 is 0 Å². The van der Waals surface area contributed by atoms with Gasteiger partial charge in [0.05, 0.1) is 0 Å². The first kappa shape index (κ1) is 69.3. The summed E-state index contributed by atoms with van der Waals surface area (Å²) in [5, 5.41) is 0. The van der Waals surface area contributed by atoms with E-state index >= 15 is 0 Å². The number of unbranched alkanes of at least 4 members (excludes halogenated alkanes) is 28. The van der Waals surface area contributed by atoms with Crippen LogP contribution in [-0.2, 0) is 28.6 Å². The van der Waals surface area contributed by atoms with E-state index in [0.717, 1.165) is 122 Å². The molecular formula is C67H114O6. The van der Waals surface area contributed by atoms with Crippen LogP contribution in [0.25, 0.3) is 0 Å². The van der Waals surface area contributed by atoms with Gasteiger partial charge in [-0.15, -0.1) is 0 Å². The molecule has 0 amide bonds. The lowest BCUT2D eigenvalue weighted by atomic mass is 10.1. The van der Waals surface area contributed by atoms with Gasteiger partial charge in [0.2, 0.25) is 0 Å². The van der Waals surface area contributed by atoms with Gasteiger partial charge in [-0.1, -0.05) is 266 Å². The average Bonchev–Trinajstić information content (AvgIpc) is 3.39. The van der Waals surface area contributed by atoms with Gasteiger partial charge in [-0.2, -0.15) is 0 Å². The van der Waals surface area contributed by atoms with Crippen molar-refractivity contribution in [3.05, 3.63) is 97.2 Å². The molecule has 6 nitrogen and oxygen atoms in total. The normalized spacial score (nSPS) is 12.8. The minimum Gasteiger partial charge on any atom is -0.462 e. The molecule has 0 aromatic rings. The third kappa shape index (κ3) is 59.1. The zero-order valence-electron chi connectivity index (χ0n) is 47.9. The highest BCUT2D eigenvalue weighted by molar-refractivity contribution is 5.71. The Morgan fingerprint density at radius 3 is 0.849 bits per heavy atom. The van der Waals surface area contributed by atoms with E-state index in [1.54, 1.807) is 0 Å². The van der Waals surface area contributed by atoms with Gasteiger partial charge in [0, 0.05) is 19.3 Å². The number of hydrogen-bond acceptors (Lipinski definition) is 6. The van der Waals surface area contributed by atoms with Gasteiger partial charge in [-0.3, -0.25) is 14.4 Å². The second-order valence-electron chi connectivity index (χ2n) is 20.2.